The van der Waals surface area contributed by atoms with E-state index >= 15 is 4.39 Å². The lowest BCUT2D eigenvalue weighted by molar-refractivity contribution is 0.521. The first-order valence-corrected chi connectivity index (χ1v) is 13.9. The highest BCUT2D eigenvalue weighted by atomic mass is 19.1. The largest absolute Gasteiger partial charge is 0.419 e. The number of halogens is 1. The number of benzene rings is 3. The van der Waals surface area contributed by atoms with Gasteiger partial charge in [-0.1, -0.05) is 114 Å². The summed E-state index contributed by atoms with van der Waals surface area (Å²) in [5, 5.41) is 1.89. The molecule has 0 radical (unpaired) electrons. The SMILES string of the molecule is CCCCCCCCCc1ccc2c(oc(=O)c3cc(-c4ccc(CCCCC)cc4)ccc32)c1F. The molecule has 0 aliphatic heterocycles. The summed E-state index contributed by atoms with van der Waals surface area (Å²) in [7, 11) is 0. The molecule has 0 bridgehead atoms. The minimum atomic E-state index is -0.484. The molecule has 0 aliphatic carbocycles. The fourth-order valence-corrected chi connectivity index (χ4v) is 5.09. The summed E-state index contributed by atoms with van der Waals surface area (Å²) in [6.45, 7) is 4.43. The van der Waals surface area contributed by atoms with E-state index in [4.69, 9.17) is 4.42 Å². The summed E-state index contributed by atoms with van der Waals surface area (Å²) in [4.78, 5) is 12.9. The van der Waals surface area contributed by atoms with Gasteiger partial charge < -0.3 is 4.42 Å². The summed E-state index contributed by atoms with van der Waals surface area (Å²) in [5.41, 5.74) is 3.59. The highest BCUT2D eigenvalue weighted by Gasteiger charge is 2.15. The van der Waals surface area contributed by atoms with Crippen molar-refractivity contribution in [1.29, 1.82) is 0 Å². The molecule has 0 saturated heterocycles. The number of aryl methyl sites for hydroxylation is 2. The summed E-state index contributed by atoms with van der Waals surface area (Å²) >= 11 is 0. The lowest BCUT2D eigenvalue weighted by atomic mass is 9.97. The third-order valence-corrected chi connectivity index (χ3v) is 7.31. The Bertz CT molecular complexity index is 1330. The molecule has 36 heavy (non-hydrogen) atoms. The molecular weight excluding hydrogens is 447 g/mol. The zero-order valence-corrected chi connectivity index (χ0v) is 21.9. The number of fused-ring (bicyclic) bond motifs is 3. The standard InChI is InChI=1S/C33H39FO2/c1-3-5-7-8-9-10-12-14-26-19-22-29-28-21-20-27(23-30(28)33(35)36-32(29)31(26)34)25-17-15-24(16-18-25)13-11-6-4-2/h15-23H,3-14H2,1-2H3. The van der Waals surface area contributed by atoms with Crippen LogP contribution >= 0.6 is 0 Å². The lowest BCUT2D eigenvalue weighted by Gasteiger charge is -2.10. The highest BCUT2D eigenvalue weighted by molar-refractivity contribution is 6.05. The molecule has 0 atom stereocenters. The van der Waals surface area contributed by atoms with Gasteiger partial charge in [0.05, 0.1) is 5.39 Å². The summed E-state index contributed by atoms with van der Waals surface area (Å²) < 4.78 is 20.9. The molecule has 0 unspecified atom stereocenters. The zero-order chi connectivity index (χ0) is 25.3. The molecule has 0 fully saturated rings. The molecule has 4 rings (SSSR count). The Morgan fingerprint density at radius 2 is 1.25 bits per heavy atom. The van der Waals surface area contributed by atoms with E-state index in [-0.39, 0.29) is 11.4 Å². The van der Waals surface area contributed by atoms with Gasteiger partial charge in [0.15, 0.2) is 11.4 Å². The highest BCUT2D eigenvalue weighted by Crippen LogP contribution is 2.30. The van der Waals surface area contributed by atoms with Crippen molar-refractivity contribution in [3.8, 4) is 11.1 Å². The van der Waals surface area contributed by atoms with Crippen LogP contribution in [0.4, 0.5) is 4.39 Å². The Balaban J connectivity index is 1.53. The second-order valence-electron chi connectivity index (χ2n) is 10.1. The van der Waals surface area contributed by atoms with Gasteiger partial charge in [0.1, 0.15) is 0 Å². The molecule has 1 heterocycles. The van der Waals surface area contributed by atoms with Gasteiger partial charge in [-0.05, 0) is 54.0 Å². The molecule has 0 saturated carbocycles. The normalized spacial score (nSPS) is 11.5. The van der Waals surface area contributed by atoms with E-state index < -0.39 is 5.63 Å². The van der Waals surface area contributed by atoms with Crippen LogP contribution in [-0.4, -0.2) is 0 Å². The van der Waals surface area contributed by atoms with E-state index in [2.05, 4.69) is 38.1 Å². The molecule has 3 aromatic carbocycles. The first kappa shape index (κ1) is 26.1. The average molecular weight is 487 g/mol. The van der Waals surface area contributed by atoms with E-state index in [0.717, 1.165) is 35.8 Å². The zero-order valence-electron chi connectivity index (χ0n) is 21.9. The van der Waals surface area contributed by atoms with Gasteiger partial charge in [0.2, 0.25) is 0 Å². The maximum atomic E-state index is 15.3. The summed E-state index contributed by atoms with van der Waals surface area (Å²) in [6.07, 6.45) is 13.8. The van der Waals surface area contributed by atoms with Crippen molar-refractivity contribution in [2.24, 2.45) is 0 Å². The topological polar surface area (TPSA) is 30.2 Å². The van der Waals surface area contributed by atoms with Gasteiger partial charge in [-0.2, -0.15) is 0 Å². The van der Waals surface area contributed by atoms with Crippen LogP contribution in [-0.2, 0) is 12.8 Å². The number of rotatable bonds is 13. The Kier molecular flexibility index (Phi) is 9.33. The maximum Gasteiger partial charge on any atom is 0.344 e. The fourth-order valence-electron chi connectivity index (χ4n) is 5.09. The fraction of sp³-hybridized carbons (Fsp3) is 0.424. The molecule has 0 amide bonds. The van der Waals surface area contributed by atoms with E-state index in [1.54, 1.807) is 0 Å². The van der Waals surface area contributed by atoms with Crippen LogP contribution in [0, 0.1) is 5.82 Å². The molecular formula is C33H39FO2. The molecule has 190 valence electrons. The van der Waals surface area contributed by atoms with Crippen molar-refractivity contribution in [3.05, 3.63) is 82.0 Å². The molecule has 0 spiro atoms. The lowest BCUT2D eigenvalue weighted by Crippen LogP contribution is -2.03. The molecule has 3 heteroatoms. The van der Waals surface area contributed by atoms with Crippen molar-refractivity contribution < 1.29 is 8.81 Å². The van der Waals surface area contributed by atoms with Crippen LogP contribution < -0.4 is 5.63 Å². The molecule has 1 aromatic heterocycles. The van der Waals surface area contributed by atoms with E-state index in [1.165, 1.54) is 56.9 Å². The minimum Gasteiger partial charge on any atom is -0.419 e. The maximum absolute atomic E-state index is 15.3. The van der Waals surface area contributed by atoms with Crippen LogP contribution in [0.1, 0.15) is 89.2 Å². The van der Waals surface area contributed by atoms with Crippen LogP contribution in [0.5, 0.6) is 0 Å². The Morgan fingerprint density at radius 3 is 2.00 bits per heavy atom. The van der Waals surface area contributed by atoms with Crippen LogP contribution in [0.3, 0.4) is 0 Å². The number of hydrogen-bond donors (Lipinski definition) is 0. The predicted octanol–water partition coefficient (Wildman–Crippen LogP) is 9.78. The van der Waals surface area contributed by atoms with Crippen molar-refractivity contribution >= 4 is 21.7 Å². The first-order chi connectivity index (χ1) is 17.6. The molecule has 0 N–H and O–H groups in total. The first-order valence-electron chi connectivity index (χ1n) is 13.9. The van der Waals surface area contributed by atoms with Gasteiger partial charge in [-0.15, -0.1) is 0 Å². The predicted molar refractivity (Wildman–Crippen MR) is 150 cm³/mol. The molecule has 4 aromatic rings. The monoisotopic (exact) mass is 486 g/mol. The Morgan fingerprint density at radius 1 is 0.639 bits per heavy atom. The molecule has 0 aliphatic rings. The van der Waals surface area contributed by atoms with Crippen molar-refractivity contribution in [3.63, 3.8) is 0 Å². The van der Waals surface area contributed by atoms with Crippen molar-refractivity contribution in [2.45, 2.75) is 90.9 Å². The van der Waals surface area contributed by atoms with Gasteiger partial charge in [-0.25, -0.2) is 9.18 Å². The van der Waals surface area contributed by atoms with Gasteiger partial charge in [0, 0.05) is 10.8 Å². The number of hydrogen-bond acceptors (Lipinski definition) is 2. The van der Waals surface area contributed by atoms with Gasteiger partial charge >= 0.3 is 5.63 Å². The van der Waals surface area contributed by atoms with Crippen LogP contribution in [0.2, 0.25) is 0 Å². The van der Waals surface area contributed by atoms with Gasteiger partial charge in [0.25, 0.3) is 0 Å². The summed E-state index contributed by atoms with van der Waals surface area (Å²) in [5.74, 6) is -0.389. The quantitative estimate of drug-likeness (QED) is 0.107. The average Bonchev–Trinajstić information content (AvgIpc) is 2.90. The van der Waals surface area contributed by atoms with E-state index in [9.17, 15) is 4.79 Å². The van der Waals surface area contributed by atoms with Gasteiger partial charge in [-0.3, -0.25) is 0 Å². The smallest absolute Gasteiger partial charge is 0.344 e. The third kappa shape index (κ3) is 6.24. The Hall–Kier alpha value is -2.94. The number of unbranched alkanes of at least 4 members (excludes halogenated alkanes) is 8. The second-order valence-corrected chi connectivity index (χ2v) is 10.1. The summed E-state index contributed by atoms with van der Waals surface area (Å²) in [6, 6.07) is 18.1. The minimum absolute atomic E-state index is 0.0807. The molecule has 2 nitrogen and oxygen atoms in total. The van der Waals surface area contributed by atoms with Crippen molar-refractivity contribution in [1.82, 2.24) is 0 Å². The van der Waals surface area contributed by atoms with Crippen LogP contribution in [0.15, 0.2) is 63.8 Å². The van der Waals surface area contributed by atoms with E-state index in [0.29, 0.717) is 22.8 Å². The van der Waals surface area contributed by atoms with E-state index in [1.807, 2.05) is 30.3 Å². The second kappa shape index (κ2) is 12.9. The van der Waals surface area contributed by atoms with Crippen molar-refractivity contribution in [2.75, 3.05) is 0 Å². The third-order valence-electron chi connectivity index (χ3n) is 7.31. The Labute approximate surface area is 214 Å². The van der Waals surface area contributed by atoms with Crippen LogP contribution in [0.25, 0.3) is 32.9 Å².